The zero-order valence-corrected chi connectivity index (χ0v) is 9.73. The van der Waals surface area contributed by atoms with Crippen LogP contribution in [0.4, 0.5) is 0 Å². The predicted molar refractivity (Wildman–Crippen MR) is 69.8 cm³/mol. The maximum absolute atomic E-state index is 5.20. The second-order valence-electron chi connectivity index (χ2n) is 3.78. The maximum atomic E-state index is 5.20. The van der Waals surface area contributed by atoms with Gasteiger partial charge < -0.3 is 4.74 Å². The molecule has 0 saturated carbocycles. The van der Waals surface area contributed by atoms with Crippen molar-refractivity contribution in [1.29, 1.82) is 0 Å². The fourth-order valence-corrected chi connectivity index (χ4v) is 1.73. The highest BCUT2D eigenvalue weighted by Gasteiger charge is 1.96. The van der Waals surface area contributed by atoms with E-state index in [4.69, 9.17) is 4.74 Å². The summed E-state index contributed by atoms with van der Waals surface area (Å²) in [6.45, 7) is 2.14. The molecule has 0 aliphatic heterocycles. The molecule has 16 heavy (non-hydrogen) atoms. The van der Waals surface area contributed by atoms with Gasteiger partial charge >= 0.3 is 0 Å². The van der Waals surface area contributed by atoms with E-state index in [2.05, 4.69) is 49.4 Å². The van der Waals surface area contributed by atoms with Crippen LogP contribution in [0.15, 0.2) is 42.5 Å². The van der Waals surface area contributed by atoms with Gasteiger partial charge in [0.15, 0.2) is 0 Å². The molecular formula is C15H16O. The van der Waals surface area contributed by atoms with Gasteiger partial charge in [-0.05, 0) is 41.0 Å². The van der Waals surface area contributed by atoms with Crippen LogP contribution in [0.2, 0.25) is 0 Å². The number of hydrogen-bond donors (Lipinski definition) is 0. The molecule has 1 heteroatoms. The molecule has 0 unspecified atom stereocenters. The minimum atomic E-state index is 0.907. The molecule has 2 aromatic rings. The van der Waals surface area contributed by atoms with E-state index in [1.54, 1.807) is 7.11 Å². The van der Waals surface area contributed by atoms with E-state index < -0.39 is 0 Å². The lowest BCUT2D eigenvalue weighted by molar-refractivity contribution is 0.415. The Balaban J connectivity index is 2.43. The molecule has 0 N–H and O–H groups in total. The molecule has 0 saturated heterocycles. The van der Waals surface area contributed by atoms with Crippen molar-refractivity contribution in [3.8, 4) is 5.75 Å². The first-order valence-corrected chi connectivity index (χ1v) is 5.58. The van der Waals surface area contributed by atoms with Crippen molar-refractivity contribution in [3.63, 3.8) is 0 Å². The van der Waals surface area contributed by atoms with Gasteiger partial charge in [0.05, 0.1) is 7.11 Å². The largest absolute Gasteiger partial charge is 0.497 e. The average Bonchev–Trinajstić information content (AvgIpc) is 2.35. The average molecular weight is 212 g/mol. The summed E-state index contributed by atoms with van der Waals surface area (Å²) in [5, 5.41) is 2.46. The van der Waals surface area contributed by atoms with E-state index in [9.17, 15) is 0 Å². The van der Waals surface area contributed by atoms with E-state index in [-0.39, 0.29) is 0 Å². The molecule has 0 atom stereocenters. The number of ether oxygens (including phenoxy) is 1. The van der Waals surface area contributed by atoms with Crippen molar-refractivity contribution in [2.24, 2.45) is 0 Å². The Bertz CT molecular complexity index is 512. The summed E-state index contributed by atoms with van der Waals surface area (Å²) in [5.74, 6) is 0.907. The van der Waals surface area contributed by atoms with Crippen molar-refractivity contribution >= 4 is 16.8 Å². The Labute approximate surface area is 96.4 Å². The SMILES string of the molecule is CC/C=C/c1ccc2cc(OC)ccc2c1. The van der Waals surface area contributed by atoms with Crippen molar-refractivity contribution in [2.45, 2.75) is 13.3 Å². The molecule has 0 aliphatic carbocycles. The molecule has 0 aromatic heterocycles. The van der Waals surface area contributed by atoms with Gasteiger partial charge in [0.2, 0.25) is 0 Å². The van der Waals surface area contributed by atoms with Gasteiger partial charge in [0.25, 0.3) is 0 Å². The third-order valence-electron chi connectivity index (χ3n) is 2.62. The van der Waals surface area contributed by atoms with Gasteiger partial charge in [0, 0.05) is 0 Å². The van der Waals surface area contributed by atoms with Crippen molar-refractivity contribution in [3.05, 3.63) is 48.0 Å². The second kappa shape index (κ2) is 4.84. The Morgan fingerprint density at radius 3 is 2.56 bits per heavy atom. The minimum absolute atomic E-state index is 0.907. The Morgan fingerprint density at radius 2 is 1.81 bits per heavy atom. The van der Waals surface area contributed by atoms with Gasteiger partial charge in [-0.1, -0.05) is 37.3 Å². The maximum Gasteiger partial charge on any atom is 0.119 e. The third-order valence-corrected chi connectivity index (χ3v) is 2.62. The Morgan fingerprint density at radius 1 is 1.06 bits per heavy atom. The fraction of sp³-hybridized carbons (Fsp3) is 0.200. The molecule has 0 bridgehead atoms. The van der Waals surface area contributed by atoms with E-state index in [0.29, 0.717) is 0 Å². The number of allylic oxidation sites excluding steroid dienone is 1. The molecule has 1 nitrogen and oxygen atoms in total. The first-order valence-electron chi connectivity index (χ1n) is 5.58. The monoisotopic (exact) mass is 212 g/mol. The summed E-state index contributed by atoms with van der Waals surface area (Å²) in [6, 6.07) is 12.6. The van der Waals surface area contributed by atoms with Crippen LogP contribution in [0.1, 0.15) is 18.9 Å². The van der Waals surface area contributed by atoms with Crippen LogP contribution < -0.4 is 4.74 Å². The number of hydrogen-bond acceptors (Lipinski definition) is 1. The Hall–Kier alpha value is -1.76. The van der Waals surface area contributed by atoms with Crippen molar-refractivity contribution in [2.75, 3.05) is 7.11 Å². The number of benzene rings is 2. The van der Waals surface area contributed by atoms with Gasteiger partial charge in [-0.15, -0.1) is 0 Å². The quantitative estimate of drug-likeness (QED) is 0.738. The minimum Gasteiger partial charge on any atom is -0.497 e. The van der Waals surface area contributed by atoms with E-state index in [1.807, 2.05) is 6.07 Å². The topological polar surface area (TPSA) is 9.23 Å². The smallest absolute Gasteiger partial charge is 0.119 e. The molecule has 0 heterocycles. The fourth-order valence-electron chi connectivity index (χ4n) is 1.73. The lowest BCUT2D eigenvalue weighted by Crippen LogP contribution is -1.82. The molecule has 0 spiro atoms. The van der Waals surface area contributed by atoms with Gasteiger partial charge in [0.1, 0.15) is 5.75 Å². The van der Waals surface area contributed by atoms with Crippen LogP contribution >= 0.6 is 0 Å². The first kappa shape index (κ1) is 10.7. The molecule has 2 rings (SSSR count). The summed E-state index contributed by atoms with van der Waals surface area (Å²) < 4.78 is 5.20. The molecule has 0 fully saturated rings. The zero-order chi connectivity index (χ0) is 11.4. The molecule has 0 radical (unpaired) electrons. The molecule has 0 aliphatic rings. The summed E-state index contributed by atoms with van der Waals surface area (Å²) >= 11 is 0. The molecule has 0 amide bonds. The van der Waals surface area contributed by atoms with Crippen LogP contribution in [-0.4, -0.2) is 7.11 Å². The van der Waals surface area contributed by atoms with Crippen molar-refractivity contribution in [1.82, 2.24) is 0 Å². The third kappa shape index (κ3) is 2.25. The lowest BCUT2D eigenvalue weighted by Gasteiger charge is -2.03. The molecular weight excluding hydrogens is 196 g/mol. The highest BCUT2D eigenvalue weighted by molar-refractivity contribution is 5.86. The Kier molecular flexibility index (Phi) is 3.25. The van der Waals surface area contributed by atoms with Crippen LogP contribution in [0.25, 0.3) is 16.8 Å². The van der Waals surface area contributed by atoms with Crippen LogP contribution in [0, 0.1) is 0 Å². The zero-order valence-electron chi connectivity index (χ0n) is 9.73. The van der Waals surface area contributed by atoms with Crippen LogP contribution in [-0.2, 0) is 0 Å². The normalized spacial score (nSPS) is 11.1. The highest BCUT2D eigenvalue weighted by Crippen LogP contribution is 2.22. The number of fused-ring (bicyclic) bond motifs is 1. The standard InChI is InChI=1S/C15H16O/c1-3-4-5-12-6-7-14-11-15(16-2)9-8-13(14)10-12/h4-11H,3H2,1-2H3/b5-4+. The van der Waals surface area contributed by atoms with Gasteiger partial charge in [-0.25, -0.2) is 0 Å². The summed E-state index contributed by atoms with van der Waals surface area (Å²) in [4.78, 5) is 0. The number of methoxy groups -OCH3 is 1. The first-order chi connectivity index (χ1) is 7.83. The highest BCUT2D eigenvalue weighted by atomic mass is 16.5. The van der Waals surface area contributed by atoms with E-state index in [1.165, 1.54) is 16.3 Å². The van der Waals surface area contributed by atoms with Crippen LogP contribution in [0.3, 0.4) is 0 Å². The van der Waals surface area contributed by atoms with Crippen LogP contribution in [0.5, 0.6) is 5.75 Å². The van der Waals surface area contributed by atoms with Gasteiger partial charge in [-0.2, -0.15) is 0 Å². The predicted octanol–water partition coefficient (Wildman–Crippen LogP) is 4.27. The molecule has 82 valence electrons. The summed E-state index contributed by atoms with van der Waals surface area (Å²) in [5.41, 5.74) is 1.25. The van der Waals surface area contributed by atoms with E-state index >= 15 is 0 Å². The van der Waals surface area contributed by atoms with E-state index in [0.717, 1.165) is 12.2 Å². The van der Waals surface area contributed by atoms with Crippen molar-refractivity contribution < 1.29 is 4.74 Å². The van der Waals surface area contributed by atoms with Gasteiger partial charge in [-0.3, -0.25) is 0 Å². The molecule has 2 aromatic carbocycles. The summed E-state index contributed by atoms with van der Waals surface area (Å²) in [6.07, 6.45) is 5.40. The number of rotatable bonds is 3. The second-order valence-corrected chi connectivity index (χ2v) is 3.78. The lowest BCUT2D eigenvalue weighted by atomic mass is 10.1. The summed E-state index contributed by atoms with van der Waals surface area (Å²) in [7, 11) is 1.69.